The van der Waals surface area contributed by atoms with Gasteiger partial charge in [0, 0.05) is 5.92 Å². The number of rotatable bonds is 13. The molecule has 1 saturated heterocycles. The highest BCUT2D eigenvalue weighted by Gasteiger charge is 2.55. The Balaban J connectivity index is 1.46. The van der Waals surface area contributed by atoms with Gasteiger partial charge in [-0.1, -0.05) is 61.4 Å². The van der Waals surface area contributed by atoms with E-state index in [1.165, 1.54) is 36.4 Å². The fourth-order valence-electron chi connectivity index (χ4n) is 6.77. The van der Waals surface area contributed by atoms with Gasteiger partial charge in [-0.25, -0.2) is 4.39 Å². The van der Waals surface area contributed by atoms with Crippen LogP contribution in [0.1, 0.15) is 44.6 Å². The molecule has 11 heteroatoms. The second kappa shape index (κ2) is 15.1. The number of benzene rings is 3. The minimum Gasteiger partial charge on any atom is -0.505 e. The van der Waals surface area contributed by atoms with Crippen molar-refractivity contribution < 1.29 is 44.1 Å². The number of carbonyl (C=O) groups is 2. The van der Waals surface area contributed by atoms with E-state index in [-0.39, 0.29) is 30.6 Å². The largest absolute Gasteiger partial charge is 0.505 e. The Hall–Kier alpha value is -4.29. The van der Waals surface area contributed by atoms with Gasteiger partial charge < -0.3 is 30.1 Å². The van der Waals surface area contributed by atoms with Crippen LogP contribution in [0.25, 0.3) is 6.08 Å². The number of phenolic OH excluding ortho intramolecular Hbond substituents is 1. The lowest BCUT2D eigenvalue weighted by Gasteiger charge is -2.36. The number of imide groups is 1. The molecule has 4 atom stereocenters. The lowest BCUT2D eigenvalue weighted by atomic mass is 9.68. The van der Waals surface area contributed by atoms with Crippen molar-refractivity contribution in [3.63, 3.8) is 0 Å². The van der Waals surface area contributed by atoms with Gasteiger partial charge >= 0.3 is 7.12 Å². The number of aromatic hydroxyl groups is 1. The summed E-state index contributed by atoms with van der Waals surface area (Å²) in [6.45, 7) is 1.56. The Bertz CT molecular complexity index is 1660. The molecule has 0 aromatic heterocycles. The number of anilines is 1. The Kier molecular flexibility index (Phi) is 10.9. The van der Waals surface area contributed by atoms with Crippen molar-refractivity contribution in [2.45, 2.75) is 45.1 Å². The Morgan fingerprint density at radius 3 is 2.49 bits per heavy atom. The summed E-state index contributed by atoms with van der Waals surface area (Å²) in [7, 11) is -1.79. The van der Waals surface area contributed by atoms with Gasteiger partial charge in [-0.15, -0.1) is 0 Å². The summed E-state index contributed by atoms with van der Waals surface area (Å²) >= 11 is 0. The summed E-state index contributed by atoms with van der Waals surface area (Å²) < 4.78 is 20.1. The van der Waals surface area contributed by atoms with E-state index in [4.69, 9.17) is 4.74 Å². The molecule has 0 unspecified atom stereocenters. The Morgan fingerprint density at radius 2 is 1.81 bits per heavy atom. The number of aliphatic hydroxyl groups is 2. The zero-order chi connectivity index (χ0) is 33.7. The summed E-state index contributed by atoms with van der Waals surface area (Å²) in [5.41, 5.74) is 2.95. The van der Waals surface area contributed by atoms with E-state index in [1.807, 2.05) is 31.2 Å². The van der Waals surface area contributed by atoms with Gasteiger partial charge in [0.25, 0.3) is 0 Å². The summed E-state index contributed by atoms with van der Waals surface area (Å²) in [4.78, 5) is 28.8. The molecule has 0 radical (unpaired) electrons. The molecule has 1 aliphatic heterocycles. The second-order valence-electron chi connectivity index (χ2n) is 12.1. The highest BCUT2D eigenvalue weighted by molar-refractivity contribution is 6.58. The van der Waals surface area contributed by atoms with Crippen LogP contribution in [-0.4, -0.2) is 63.6 Å². The molecule has 1 aliphatic carbocycles. The first kappa shape index (κ1) is 34.1. The zero-order valence-electron chi connectivity index (χ0n) is 26.1. The predicted molar refractivity (Wildman–Crippen MR) is 176 cm³/mol. The van der Waals surface area contributed by atoms with Gasteiger partial charge in [-0.05, 0) is 84.3 Å². The number of carbonyl (C=O) groups excluding carboxylic acids is 2. The predicted octanol–water partition coefficient (Wildman–Crippen LogP) is 3.73. The molecule has 1 fully saturated rings. The molecule has 9 nitrogen and oxygen atoms in total. The summed E-state index contributed by atoms with van der Waals surface area (Å²) in [5.74, 6) is -4.19. The lowest BCUT2D eigenvalue weighted by Crippen LogP contribution is -2.40. The molecule has 0 spiro atoms. The molecule has 246 valence electrons. The fourth-order valence-corrected chi connectivity index (χ4v) is 6.77. The highest BCUT2D eigenvalue weighted by Crippen LogP contribution is 2.47. The van der Waals surface area contributed by atoms with E-state index in [2.05, 4.69) is 0 Å². The molecule has 47 heavy (non-hydrogen) atoms. The Labute approximate surface area is 273 Å². The van der Waals surface area contributed by atoms with Crippen LogP contribution in [0.4, 0.5) is 10.1 Å². The molecular formula is C36H39BFNO8. The van der Waals surface area contributed by atoms with Crippen LogP contribution in [0.3, 0.4) is 0 Å². The van der Waals surface area contributed by atoms with Crippen LogP contribution in [0.15, 0.2) is 89.5 Å². The minimum absolute atomic E-state index is 0.0359. The summed E-state index contributed by atoms with van der Waals surface area (Å²) in [6, 6.07) is 19.1. The quantitative estimate of drug-likeness (QED) is 0.108. The molecule has 5 N–H and O–H groups in total. The molecule has 3 aromatic carbocycles. The van der Waals surface area contributed by atoms with Crippen molar-refractivity contribution >= 4 is 36.2 Å². The minimum atomic E-state index is -1.79. The standard InChI is InChI=1S/C36H39BFNO8/c1-2-7-22(16-23-13-14-31(41)30(38)17-23)12-15-32(42)33-24(21-47-27-10-4-3-5-11-27)18-28-34(29(33)20-40)36(44)39(35(28)43)26-9-6-8-25(19-26)37(45)46/h3-6,8-11,13-14,16-17,19,28-29,32,34,40-42,45-46H,2,7,12,15,18,20-21H2,1H3/b22-16+/t28-,29+,32-,34-/m1/s1. The van der Waals surface area contributed by atoms with E-state index in [9.17, 15) is 39.3 Å². The second-order valence-corrected chi connectivity index (χ2v) is 12.1. The number of amides is 2. The maximum absolute atomic E-state index is 14.0. The van der Waals surface area contributed by atoms with Gasteiger partial charge in [0.15, 0.2) is 11.6 Å². The highest BCUT2D eigenvalue weighted by atomic mass is 19.1. The number of para-hydroxylation sites is 1. The van der Waals surface area contributed by atoms with Crippen LogP contribution < -0.4 is 15.1 Å². The van der Waals surface area contributed by atoms with Crippen LogP contribution in [-0.2, 0) is 9.59 Å². The Morgan fingerprint density at radius 1 is 1.04 bits per heavy atom. The number of aliphatic hydroxyl groups excluding tert-OH is 2. The number of ether oxygens (including phenoxy) is 1. The average Bonchev–Trinajstić information content (AvgIpc) is 3.32. The van der Waals surface area contributed by atoms with E-state index in [0.717, 1.165) is 16.9 Å². The van der Waals surface area contributed by atoms with Crippen molar-refractivity contribution in [2.75, 3.05) is 18.1 Å². The third kappa shape index (κ3) is 7.49. The van der Waals surface area contributed by atoms with E-state index in [1.54, 1.807) is 18.2 Å². The van der Waals surface area contributed by atoms with Crippen molar-refractivity contribution in [3.05, 3.63) is 101 Å². The van der Waals surface area contributed by atoms with Crippen LogP contribution in [0.5, 0.6) is 11.5 Å². The monoisotopic (exact) mass is 643 g/mol. The van der Waals surface area contributed by atoms with Crippen LogP contribution in [0.2, 0.25) is 0 Å². The fraction of sp³-hybridized carbons (Fsp3) is 0.333. The third-order valence-electron chi connectivity index (χ3n) is 8.98. The molecule has 3 aromatic rings. The molecule has 2 amide bonds. The molecule has 0 saturated carbocycles. The van der Waals surface area contributed by atoms with Crippen molar-refractivity contribution in [1.29, 1.82) is 0 Å². The summed E-state index contributed by atoms with van der Waals surface area (Å²) in [6.07, 6.45) is 3.07. The molecule has 2 aliphatic rings. The number of halogens is 1. The maximum atomic E-state index is 14.0. The first-order valence-electron chi connectivity index (χ1n) is 15.8. The zero-order valence-corrected chi connectivity index (χ0v) is 26.1. The molecule has 1 heterocycles. The smallest absolute Gasteiger partial charge is 0.488 e. The third-order valence-corrected chi connectivity index (χ3v) is 8.98. The number of hydrogen-bond acceptors (Lipinski definition) is 8. The van der Waals surface area contributed by atoms with Gasteiger partial charge in [0.1, 0.15) is 12.4 Å². The van der Waals surface area contributed by atoms with Crippen molar-refractivity contribution in [3.8, 4) is 11.5 Å². The molecular weight excluding hydrogens is 604 g/mol. The maximum Gasteiger partial charge on any atom is 0.488 e. The topological polar surface area (TPSA) is 148 Å². The van der Waals surface area contributed by atoms with Gasteiger partial charge in [0.2, 0.25) is 11.8 Å². The number of hydrogen-bond donors (Lipinski definition) is 5. The molecule has 5 rings (SSSR count). The van der Waals surface area contributed by atoms with Gasteiger partial charge in [-0.2, -0.15) is 0 Å². The molecule has 0 bridgehead atoms. The van der Waals surface area contributed by atoms with E-state index in [0.29, 0.717) is 35.3 Å². The average molecular weight is 644 g/mol. The number of allylic oxidation sites excluding steroid dienone is 1. The first-order valence-corrected chi connectivity index (χ1v) is 15.8. The first-order chi connectivity index (χ1) is 22.6. The van der Waals surface area contributed by atoms with Crippen molar-refractivity contribution in [1.82, 2.24) is 0 Å². The number of nitrogens with zero attached hydrogens (tertiary/aromatic N) is 1. The number of fused-ring (bicyclic) bond motifs is 1. The van der Waals surface area contributed by atoms with Gasteiger partial charge in [-0.3, -0.25) is 14.5 Å². The van der Waals surface area contributed by atoms with Crippen molar-refractivity contribution in [2.24, 2.45) is 17.8 Å². The SMILES string of the molecule is CCC/C(=C\c1ccc(O)c(F)c1)CC[C@@H](O)C1=C(COc2ccccc2)C[C@H]2C(=O)N(c3cccc(B(O)O)c3)C(=O)[C@H]2[C@H]1CO. The van der Waals surface area contributed by atoms with Crippen LogP contribution in [0, 0.1) is 23.6 Å². The number of phenols is 1. The van der Waals surface area contributed by atoms with Gasteiger partial charge in [0.05, 0.1) is 30.2 Å². The van der Waals surface area contributed by atoms with E-state index >= 15 is 0 Å². The summed E-state index contributed by atoms with van der Waals surface area (Å²) in [5, 5.41) is 51.4. The van der Waals surface area contributed by atoms with Crippen LogP contribution >= 0.6 is 0 Å². The lowest BCUT2D eigenvalue weighted by molar-refractivity contribution is -0.123. The normalized spacial score (nSPS) is 20.4. The van der Waals surface area contributed by atoms with E-state index < -0.39 is 61.0 Å².